The first-order valence-electron chi connectivity index (χ1n) is 7.92. The second-order valence-electron chi connectivity index (χ2n) is 5.47. The molecule has 1 heterocycles. The van der Waals surface area contributed by atoms with E-state index >= 15 is 0 Å². The minimum absolute atomic E-state index is 0.00634. The molecule has 1 N–H and O–H groups in total. The van der Waals surface area contributed by atoms with Gasteiger partial charge in [-0.15, -0.1) is 0 Å². The number of amides is 1. The number of nitrogens with zero attached hydrogens (tertiary/aromatic N) is 1. The van der Waals surface area contributed by atoms with Crippen molar-refractivity contribution in [3.05, 3.63) is 101 Å². The molecule has 5 heteroatoms. The summed E-state index contributed by atoms with van der Waals surface area (Å²) in [6.45, 7) is 0. The van der Waals surface area contributed by atoms with Crippen LogP contribution in [0.2, 0.25) is 5.02 Å². The largest absolute Gasteiger partial charge is 0.320 e. The fourth-order valence-corrected chi connectivity index (χ4v) is 2.55. The van der Waals surface area contributed by atoms with Crippen LogP contribution in [0.3, 0.4) is 0 Å². The summed E-state index contributed by atoms with van der Waals surface area (Å²) in [7, 11) is 0. The molecule has 0 aliphatic heterocycles. The van der Waals surface area contributed by atoms with Crippen LogP contribution in [0.5, 0.6) is 0 Å². The van der Waals surface area contributed by atoms with Gasteiger partial charge < -0.3 is 5.32 Å². The Labute approximate surface area is 156 Å². The molecule has 0 aliphatic rings. The molecular weight excluding hydrogens is 348 g/mol. The van der Waals surface area contributed by atoms with Gasteiger partial charge in [0.15, 0.2) is 5.78 Å². The molecular formula is C21H15ClN2O2. The van der Waals surface area contributed by atoms with Crippen LogP contribution in [0.25, 0.3) is 6.08 Å². The topological polar surface area (TPSA) is 59.1 Å². The lowest BCUT2D eigenvalue weighted by molar-refractivity contribution is -0.112. The maximum Gasteiger partial charge on any atom is 0.259 e. The maximum atomic E-state index is 12.9. The Morgan fingerprint density at radius 3 is 2.35 bits per heavy atom. The van der Waals surface area contributed by atoms with E-state index < -0.39 is 5.91 Å². The molecule has 3 aromatic rings. The first-order chi connectivity index (χ1) is 12.6. The Morgan fingerprint density at radius 2 is 1.65 bits per heavy atom. The number of anilines is 1. The zero-order chi connectivity index (χ0) is 18.4. The van der Waals surface area contributed by atoms with Crippen LogP contribution >= 0.6 is 11.6 Å². The van der Waals surface area contributed by atoms with Crippen molar-refractivity contribution in [2.75, 3.05) is 5.32 Å². The Morgan fingerprint density at radius 1 is 0.923 bits per heavy atom. The highest BCUT2D eigenvalue weighted by atomic mass is 35.5. The summed E-state index contributed by atoms with van der Waals surface area (Å²) in [5, 5.41) is 3.16. The summed E-state index contributed by atoms with van der Waals surface area (Å²) in [6.07, 6.45) is 4.62. The van der Waals surface area contributed by atoms with Crippen LogP contribution in [0.4, 0.5) is 5.69 Å². The number of rotatable bonds is 5. The molecule has 1 aromatic heterocycles. The SMILES string of the molecule is O=C(Nc1cccnc1)C(=Cc1ccccc1Cl)C(=O)c1ccccc1. The van der Waals surface area contributed by atoms with Crippen molar-refractivity contribution in [1.82, 2.24) is 4.98 Å². The number of hydrogen-bond acceptors (Lipinski definition) is 3. The number of Topliss-reactive ketones (excluding diaryl/α,β-unsaturated/α-hetero) is 1. The Kier molecular flexibility index (Phi) is 5.56. The van der Waals surface area contributed by atoms with Gasteiger partial charge in [-0.2, -0.15) is 0 Å². The van der Waals surface area contributed by atoms with E-state index in [-0.39, 0.29) is 11.4 Å². The van der Waals surface area contributed by atoms with Crippen molar-refractivity contribution in [3.63, 3.8) is 0 Å². The van der Waals surface area contributed by atoms with Crippen LogP contribution in [0, 0.1) is 0 Å². The Hall–Kier alpha value is -3.24. The minimum Gasteiger partial charge on any atom is -0.320 e. The molecule has 0 spiro atoms. The smallest absolute Gasteiger partial charge is 0.259 e. The molecule has 128 valence electrons. The third-order valence-corrected chi connectivity index (χ3v) is 3.99. The van der Waals surface area contributed by atoms with Gasteiger partial charge in [0.05, 0.1) is 17.5 Å². The van der Waals surface area contributed by atoms with Gasteiger partial charge in [0.25, 0.3) is 5.91 Å². The summed E-state index contributed by atoms with van der Waals surface area (Å²) in [4.78, 5) is 29.6. The van der Waals surface area contributed by atoms with Crippen molar-refractivity contribution in [1.29, 1.82) is 0 Å². The second kappa shape index (κ2) is 8.23. The number of halogens is 1. The Bertz CT molecular complexity index is 954. The summed E-state index contributed by atoms with van der Waals surface area (Å²) >= 11 is 6.19. The predicted octanol–water partition coefficient (Wildman–Crippen LogP) is 4.64. The first kappa shape index (κ1) is 17.6. The predicted molar refractivity (Wildman–Crippen MR) is 103 cm³/mol. The van der Waals surface area contributed by atoms with E-state index in [0.717, 1.165) is 0 Å². The number of aromatic nitrogens is 1. The van der Waals surface area contributed by atoms with Crippen molar-refractivity contribution in [2.45, 2.75) is 0 Å². The van der Waals surface area contributed by atoms with Crippen molar-refractivity contribution in [3.8, 4) is 0 Å². The van der Waals surface area contributed by atoms with E-state index in [1.807, 2.05) is 6.07 Å². The molecule has 0 unspecified atom stereocenters. The van der Waals surface area contributed by atoms with Gasteiger partial charge in [-0.3, -0.25) is 14.6 Å². The molecule has 0 saturated carbocycles. The lowest BCUT2D eigenvalue weighted by atomic mass is 10.00. The van der Waals surface area contributed by atoms with Crippen molar-refractivity contribution >= 4 is 35.1 Å². The molecule has 0 bridgehead atoms. The number of nitrogens with one attached hydrogen (secondary N) is 1. The monoisotopic (exact) mass is 362 g/mol. The zero-order valence-electron chi connectivity index (χ0n) is 13.7. The highest BCUT2D eigenvalue weighted by Crippen LogP contribution is 2.21. The zero-order valence-corrected chi connectivity index (χ0v) is 14.5. The van der Waals surface area contributed by atoms with E-state index in [1.54, 1.807) is 66.9 Å². The van der Waals surface area contributed by atoms with Gasteiger partial charge >= 0.3 is 0 Å². The fourth-order valence-electron chi connectivity index (χ4n) is 2.36. The number of carbonyl (C=O) groups is 2. The molecule has 2 aromatic carbocycles. The minimum atomic E-state index is -0.522. The average molecular weight is 363 g/mol. The molecule has 0 saturated heterocycles. The highest BCUT2D eigenvalue weighted by Gasteiger charge is 2.20. The van der Waals surface area contributed by atoms with Gasteiger partial charge in [0.2, 0.25) is 0 Å². The summed E-state index contributed by atoms with van der Waals surface area (Å²) in [5.41, 5.74) is 1.51. The Balaban J connectivity index is 2.00. The molecule has 3 rings (SSSR count). The quantitative estimate of drug-likeness (QED) is 0.311. The van der Waals surface area contributed by atoms with E-state index in [9.17, 15) is 9.59 Å². The highest BCUT2D eigenvalue weighted by molar-refractivity contribution is 6.34. The van der Waals surface area contributed by atoms with E-state index in [0.29, 0.717) is 21.8 Å². The molecule has 0 atom stereocenters. The van der Waals surface area contributed by atoms with Gasteiger partial charge in [0, 0.05) is 16.8 Å². The van der Waals surface area contributed by atoms with Crippen LogP contribution in [0.1, 0.15) is 15.9 Å². The summed E-state index contributed by atoms with van der Waals surface area (Å²) in [5.74, 6) is -0.904. The number of hydrogen-bond donors (Lipinski definition) is 1. The molecule has 0 fully saturated rings. The molecule has 1 amide bonds. The van der Waals surface area contributed by atoms with Gasteiger partial charge in [-0.1, -0.05) is 60.1 Å². The number of ketones is 1. The fraction of sp³-hybridized carbons (Fsp3) is 0. The van der Waals surface area contributed by atoms with E-state index in [4.69, 9.17) is 11.6 Å². The number of benzene rings is 2. The van der Waals surface area contributed by atoms with Crippen molar-refractivity contribution < 1.29 is 9.59 Å². The average Bonchev–Trinajstić information content (AvgIpc) is 2.68. The van der Waals surface area contributed by atoms with Gasteiger partial charge in [0.1, 0.15) is 0 Å². The van der Waals surface area contributed by atoms with Crippen LogP contribution in [-0.4, -0.2) is 16.7 Å². The standard InChI is InChI=1S/C21H15ClN2O2/c22-19-11-5-4-9-16(19)13-18(20(25)15-7-2-1-3-8-15)21(26)24-17-10-6-12-23-14-17/h1-14H,(H,24,26). The molecule has 4 nitrogen and oxygen atoms in total. The lowest BCUT2D eigenvalue weighted by Gasteiger charge is -2.09. The molecule has 0 aliphatic carbocycles. The number of pyridine rings is 1. The maximum absolute atomic E-state index is 12.9. The number of carbonyl (C=O) groups excluding carboxylic acids is 2. The van der Waals surface area contributed by atoms with Gasteiger partial charge in [-0.25, -0.2) is 0 Å². The summed E-state index contributed by atoms with van der Waals surface area (Å²) in [6, 6.07) is 19.1. The normalized spacial score (nSPS) is 11.0. The van der Waals surface area contributed by atoms with E-state index in [1.165, 1.54) is 12.3 Å². The molecule has 26 heavy (non-hydrogen) atoms. The first-order valence-corrected chi connectivity index (χ1v) is 8.30. The van der Waals surface area contributed by atoms with Crippen LogP contribution in [0.15, 0.2) is 84.7 Å². The third kappa shape index (κ3) is 4.23. The van der Waals surface area contributed by atoms with Gasteiger partial charge in [-0.05, 0) is 29.8 Å². The van der Waals surface area contributed by atoms with Crippen LogP contribution < -0.4 is 5.32 Å². The molecule has 0 radical (unpaired) electrons. The third-order valence-electron chi connectivity index (χ3n) is 3.65. The second-order valence-corrected chi connectivity index (χ2v) is 5.88. The lowest BCUT2D eigenvalue weighted by Crippen LogP contribution is -2.20. The van der Waals surface area contributed by atoms with Crippen molar-refractivity contribution in [2.24, 2.45) is 0 Å². The van der Waals surface area contributed by atoms with E-state index in [2.05, 4.69) is 10.3 Å². The van der Waals surface area contributed by atoms with Crippen LogP contribution in [-0.2, 0) is 4.79 Å². The summed E-state index contributed by atoms with van der Waals surface area (Å²) < 4.78 is 0.